The number of likely N-dealkylation sites (tertiary alicyclic amines) is 1. The van der Waals surface area contributed by atoms with Crippen molar-refractivity contribution in [2.75, 3.05) is 30.6 Å². The Labute approximate surface area is 239 Å². The fourth-order valence-corrected chi connectivity index (χ4v) is 6.33. The molecular weight excluding hydrogens is 605 g/mol. The number of piperidine rings is 1. The van der Waals surface area contributed by atoms with E-state index in [-0.39, 0.29) is 29.3 Å². The topological polar surface area (TPSA) is 52.7 Å². The zero-order valence-corrected chi connectivity index (χ0v) is 25.5. The molecule has 3 rings (SSSR count). The van der Waals surface area contributed by atoms with Crippen LogP contribution >= 0.6 is 45.5 Å². The summed E-state index contributed by atoms with van der Waals surface area (Å²) in [6.07, 6.45) is 2.36. The second-order valence-electron chi connectivity index (χ2n) is 10.8. The lowest BCUT2D eigenvalue weighted by Gasteiger charge is -2.42. The molecule has 2 amide bonds. The summed E-state index contributed by atoms with van der Waals surface area (Å²) in [5.41, 5.74) is 2.29. The van der Waals surface area contributed by atoms with Gasteiger partial charge in [0, 0.05) is 55.0 Å². The van der Waals surface area contributed by atoms with Crippen LogP contribution in [0.4, 0.5) is 0 Å². The maximum absolute atomic E-state index is 13.7. The SMILES string of the molecule is CC(=O)N1CCC(CC(=O)N(CCI)[C@H](CNC(c2ccc(Cl)cc2)c2ccsc2)C(C)(C)C)CC1. The van der Waals surface area contributed by atoms with Crippen molar-refractivity contribution < 1.29 is 9.59 Å². The predicted molar refractivity (Wildman–Crippen MR) is 159 cm³/mol. The smallest absolute Gasteiger partial charge is 0.223 e. The van der Waals surface area contributed by atoms with Gasteiger partial charge < -0.3 is 15.1 Å². The van der Waals surface area contributed by atoms with Crippen LogP contribution in [0.15, 0.2) is 41.1 Å². The van der Waals surface area contributed by atoms with E-state index in [4.69, 9.17) is 11.6 Å². The van der Waals surface area contributed by atoms with Gasteiger partial charge in [-0.3, -0.25) is 9.59 Å². The molecule has 0 aliphatic carbocycles. The Morgan fingerprint density at radius 1 is 1.17 bits per heavy atom. The van der Waals surface area contributed by atoms with Gasteiger partial charge in [-0.2, -0.15) is 11.3 Å². The third-order valence-corrected chi connectivity index (χ3v) is 8.58. The molecule has 1 unspecified atom stereocenters. The first kappa shape index (κ1) is 29.4. The molecule has 1 aliphatic heterocycles. The molecule has 2 aromatic rings. The molecule has 1 aromatic heterocycles. The minimum absolute atomic E-state index is 0.0332. The number of nitrogens with zero attached hydrogens (tertiary/aromatic N) is 2. The Balaban J connectivity index is 1.75. The number of nitrogens with one attached hydrogen (secondary N) is 1. The van der Waals surface area contributed by atoms with Crippen molar-refractivity contribution in [1.82, 2.24) is 15.1 Å². The van der Waals surface area contributed by atoms with Crippen molar-refractivity contribution in [2.24, 2.45) is 11.3 Å². The van der Waals surface area contributed by atoms with Crippen LogP contribution in [0.3, 0.4) is 0 Å². The molecule has 1 saturated heterocycles. The molecule has 2 heterocycles. The summed E-state index contributed by atoms with van der Waals surface area (Å²) in [4.78, 5) is 29.4. The maximum atomic E-state index is 13.7. The molecule has 36 heavy (non-hydrogen) atoms. The van der Waals surface area contributed by atoms with Crippen molar-refractivity contribution in [2.45, 2.75) is 59.0 Å². The highest BCUT2D eigenvalue weighted by molar-refractivity contribution is 14.1. The van der Waals surface area contributed by atoms with Gasteiger partial charge in [0.05, 0.1) is 6.04 Å². The zero-order chi connectivity index (χ0) is 26.3. The van der Waals surface area contributed by atoms with Crippen LogP contribution in [0.5, 0.6) is 0 Å². The lowest BCUT2D eigenvalue weighted by molar-refractivity contribution is -0.137. The third-order valence-electron chi connectivity index (χ3n) is 7.14. The second kappa shape index (κ2) is 13.6. The van der Waals surface area contributed by atoms with Crippen LogP contribution < -0.4 is 5.32 Å². The summed E-state index contributed by atoms with van der Waals surface area (Å²) in [6.45, 7) is 11.2. The number of amides is 2. The third kappa shape index (κ3) is 8.17. The van der Waals surface area contributed by atoms with E-state index in [2.05, 4.69) is 82.5 Å². The number of hydrogen-bond acceptors (Lipinski definition) is 4. The van der Waals surface area contributed by atoms with E-state index in [0.29, 0.717) is 18.9 Å². The molecule has 8 heteroatoms. The highest BCUT2D eigenvalue weighted by Gasteiger charge is 2.35. The van der Waals surface area contributed by atoms with Gasteiger partial charge in [0.1, 0.15) is 0 Å². The van der Waals surface area contributed by atoms with Crippen molar-refractivity contribution >= 4 is 57.3 Å². The second-order valence-corrected chi connectivity index (χ2v) is 13.1. The van der Waals surface area contributed by atoms with Gasteiger partial charge in [0.2, 0.25) is 11.8 Å². The summed E-state index contributed by atoms with van der Waals surface area (Å²) in [6, 6.07) is 10.3. The summed E-state index contributed by atoms with van der Waals surface area (Å²) in [5, 5.41) is 8.81. The molecular formula is C28H39ClIN3O2S. The van der Waals surface area contributed by atoms with Crippen LogP contribution in [0.25, 0.3) is 0 Å². The fourth-order valence-electron chi connectivity index (χ4n) is 5.00. The van der Waals surface area contributed by atoms with E-state index < -0.39 is 0 Å². The quantitative estimate of drug-likeness (QED) is 0.241. The van der Waals surface area contributed by atoms with E-state index in [1.807, 2.05) is 17.0 Å². The minimum atomic E-state index is -0.0916. The number of carbonyl (C=O) groups excluding carboxylic acids is 2. The van der Waals surface area contributed by atoms with Gasteiger partial charge in [-0.15, -0.1) is 0 Å². The average molecular weight is 644 g/mol. The summed E-state index contributed by atoms with van der Waals surface area (Å²) < 4.78 is 0.893. The summed E-state index contributed by atoms with van der Waals surface area (Å²) in [5.74, 6) is 0.699. The molecule has 1 aliphatic rings. The largest absolute Gasteiger partial charge is 0.343 e. The summed E-state index contributed by atoms with van der Waals surface area (Å²) in [7, 11) is 0. The van der Waals surface area contributed by atoms with Gasteiger partial charge >= 0.3 is 0 Å². The molecule has 1 N–H and O–H groups in total. The molecule has 1 aromatic carbocycles. The Hall–Kier alpha value is -1.16. The highest BCUT2D eigenvalue weighted by atomic mass is 127. The number of thiophene rings is 1. The van der Waals surface area contributed by atoms with E-state index in [1.54, 1.807) is 18.3 Å². The maximum Gasteiger partial charge on any atom is 0.223 e. The molecule has 0 saturated carbocycles. The van der Waals surface area contributed by atoms with Crippen LogP contribution in [-0.4, -0.2) is 58.3 Å². The number of rotatable bonds is 10. The lowest BCUT2D eigenvalue weighted by atomic mass is 9.84. The minimum Gasteiger partial charge on any atom is -0.343 e. The molecule has 5 nitrogen and oxygen atoms in total. The molecule has 0 bridgehead atoms. The number of halogens is 2. The molecule has 198 valence electrons. The molecule has 2 atom stereocenters. The van der Waals surface area contributed by atoms with Gasteiger partial charge in [-0.1, -0.05) is 67.1 Å². The van der Waals surface area contributed by atoms with E-state index in [0.717, 1.165) is 47.5 Å². The van der Waals surface area contributed by atoms with E-state index in [9.17, 15) is 9.59 Å². The van der Waals surface area contributed by atoms with Gasteiger partial charge in [0.25, 0.3) is 0 Å². The zero-order valence-electron chi connectivity index (χ0n) is 21.8. The lowest BCUT2D eigenvalue weighted by Crippen LogP contribution is -2.54. The first-order valence-electron chi connectivity index (χ1n) is 12.7. The average Bonchev–Trinajstić information content (AvgIpc) is 3.36. The molecule has 1 fully saturated rings. The number of hydrogen-bond donors (Lipinski definition) is 1. The number of alkyl halides is 1. The van der Waals surface area contributed by atoms with Crippen LogP contribution in [0.1, 0.15) is 64.1 Å². The molecule has 0 radical (unpaired) electrons. The van der Waals surface area contributed by atoms with Gasteiger partial charge in [0.15, 0.2) is 0 Å². The predicted octanol–water partition coefficient (Wildman–Crippen LogP) is 6.41. The monoisotopic (exact) mass is 643 g/mol. The summed E-state index contributed by atoms with van der Waals surface area (Å²) >= 11 is 10.2. The molecule has 0 spiro atoms. The number of benzene rings is 1. The Bertz CT molecular complexity index is 970. The highest BCUT2D eigenvalue weighted by Crippen LogP contribution is 2.30. The fraction of sp³-hybridized carbons (Fsp3) is 0.571. The Morgan fingerprint density at radius 2 is 1.83 bits per heavy atom. The standard InChI is InChI=1S/C28H39ClIN3O2S/c1-20(34)32-13-9-21(10-14-32)17-26(35)33(15-12-30)25(28(2,3)4)18-31-27(23-11-16-36-19-23)22-5-7-24(29)8-6-22/h5-8,11,16,19,21,25,27,31H,9-10,12-15,17-18H2,1-4H3/t25-,27?/m1/s1. The van der Waals surface area contributed by atoms with E-state index in [1.165, 1.54) is 5.56 Å². The van der Waals surface area contributed by atoms with Crippen molar-refractivity contribution in [3.05, 3.63) is 57.2 Å². The first-order valence-corrected chi connectivity index (χ1v) is 15.6. The van der Waals surface area contributed by atoms with Gasteiger partial charge in [-0.05, 0) is 64.3 Å². The number of carbonyl (C=O) groups is 2. The van der Waals surface area contributed by atoms with Crippen LogP contribution in [0, 0.1) is 11.3 Å². The Morgan fingerprint density at radius 3 is 2.36 bits per heavy atom. The van der Waals surface area contributed by atoms with E-state index >= 15 is 0 Å². The Kier molecular flexibility index (Phi) is 11.1. The van der Waals surface area contributed by atoms with Crippen LogP contribution in [-0.2, 0) is 9.59 Å². The van der Waals surface area contributed by atoms with Gasteiger partial charge in [-0.25, -0.2) is 0 Å². The van der Waals surface area contributed by atoms with Crippen molar-refractivity contribution in [1.29, 1.82) is 0 Å². The van der Waals surface area contributed by atoms with Crippen molar-refractivity contribution in [3.8, 4) is 0 Å². The first-order chi connectivity index (χ1) is 17.1. The van der Waals surface area contributed by atoms with Crippen molar-refractivity contribution in [3.63, 3.8) is 0 Å². The van der Waals surface area contributed by atoms with Crippen LogP contribution in [0.2, 0.25) is 5.02 Å². The normalized spacial score (nSPS) is 16.6.